The lowest BCUT2D eigenvalue weighted by Gasteiger charge is -2.15. The number of aliphatic hydroxyl groups excluding tert-OH is 1. The van der Waals surface area contributed by atoms with Crippen molar-refractivity contribution in [3.63, 3.8) is 0 Å². The van der Waals surface area contributed by atoms with Crippen LogP contribution in [0.1, 0.15) is 44.5 Å². The van der Waals surface area contributed by atoms with Crippen LogP contribution in [0.5, 0.6) is 0 Å². The molecule has 0 amide bonds. The Labute approximate surface area is 112 Å². The van der Waals surface area contributed by atoms with E-state index in [0.717, 1.165) is 24.1 Å². The molecule has 0 fully saturated rings. The van der Waals surface area contributed by atoms with Crippen LogP contribution in [0.4, 0.5) is 0 Å². The third-order valence-electron chi connectivity index (χ3n) is 2.90. The molecule has 4 nitrogen and oxygen atoms in total. The number of rotatable bonds is 5. The van der Waals surface area contributed by atoms with Gasteiger partial charge in [-0.05, 0) is 25.3 Å². The van der Waals surface area contributed by atoms with E-state index in [1.165, 1.54) is 11.8 Å². The quantitative estimate of drug-likeness (QED) is 0.827. The summed E-state index contributed by atoms with van der Waals surface area (Å²) in [5.74, 6) is 0. The molecule has 0 bridgehead atoms. The molecule has 0 aliphatic carbocycles. The van der Waals surface area contributed by atoms with E-state index >= 15 is 0 Å². The Balaban J connectivity index is 3.18. The minimum absolute atomic E-state index is 0.0106. The highest BCUT2D eigenvalue weighted by Gasteiger charge is 2.18. The molecule has 0 saturated carbocycles. The largest absolute Gasteiger partial charge is 0.392 e. The van der Waals surface area contributed by atoms with Gasteiger partial charge in [-0.25, -0.2) is 0 Å². The molecular formula is C13H19N3OS. The van der Waals surface area contributed by atoms with E-state index in [-0.39, 0.29) is 5.25 Å². The fourth-order valence-corrected chi connectivity index (χ4v) is 2.55. The van der Waals surface area contributed by atoms with E-state index < -0.39 is 6.10 Å². The minimum atomic E-state index is -0.445. The van der Waals surface area contributed by atoms with E-state index in [1.54, 1.807) is 6.92 Å². The summed E-state index contributed by atoms with van der Waals surface area (Å²) in [5.41, 5.74) is 2.49. The fourth-order valence-electron chi connectivity index (χ4n) is 1.63. The van der Waals surface area contributed by atoms with Crippen LogP contribution >= 0.6 is 11.8 Å². The second-order valence-corrected chi connectivity index (χ2v) is 5.55. The first-order chi connectivity index (χ1) is 8.54. The number of aromatic nitrogens is 2. The molecule has 5 heteroatoms. The lowest BCUT2D eigenvalue weighted by Crippen LogP contribution is -2.16. The third-order valence-corrected chi connectivity index (χ3v) is 4.18. The van der Waals surface area contributed by atoms with Gasteiger partial charge in [-0.3, -0.25) is 0 Å². The maximum atomic E-state index is 9.52. The minimum Gasteiger partial charge on any atom is -0.392 e. The zero-order valence-corrected chi connectivity index (χ0v) is 12.1. The molecule has 1 N–H and O–H groups in total. The predicted octanol–water partition coefficient (Wildman–Crippen LogP) is 2.33. The summed E-state index contributed by atoms with van der Waals surface area (Å²) in [4.78, 5) is 0. The van der Waals surface area contributed by atoms with Crippen molar-refractivity contribution in [1.82, 2.24) is 10.2 Å². The van der Waals surface area contributed by atoms with Gasteiger partial charge in [-0.15, -0.1) is 5.10 Å². The summed E-state index contributed by atoms with van der Waals surface area (Å²) in [7, 11) is 0. The van der Waals surface area contributed by atoms with Crippen molar-refractivity contribution < 1.29 is 5.11 Å². The molecule has 1 aromatic heterocycles. The van der Waals surface area contributed by atoms with Crippen molar-refractivity contribution >= 4 is 11.8 Å². The first-order valence-electron chi connectivity index (χ1n) is 6.18. The molecule has 98 valence electrons. The maximum absolute atomic E-state index is 9.52. The fraction of sp³-hybridized carbons (Fsp3) is 0.615. The van der Waals surface area contributed by atoms with Gasteiger partial charge in [0.1, 0.15) is 11.1 Å². The number of hydrogen-bond donors (Lipinski definition) is 1. The van der Waals surface area contributed by atoms with Crippen molar-refractivity contribution in [1.29, 1.82) is 5.26 Å². The van der Waals surface area contributed by atoms with Crippen molar-refractivity contribution in [2.24, 2.45) is 0 Å². The Morgan fingerprint density at radius 1 is 1.28 bits per heavy atom. The Morgan fingerprint density at radius 2 is 1.94 bits per heavy atom. The first kappa shape index (κ1) is 14.9. The van der Waals surface area contributed by atoms with Gasteiger partial charge in [-0.2, -0.15) is 10.4 Å². The van der Waals surface area contributed by atoms with Crippen molar-refractivity contribution in [3.8, 4) is 6.07 Å². The van der Waals surface area contributed by atoms with E-state index in [1.807, 2.05) is 20.8 Å². The van der Waals surface area contributed by atoms with Crippen LogP contribution in [0.15, 0.2) is 5.03 Å². The molecule has 2 atom stereocenters. The van der Waals surface area contributed by atoms with Crippen LogP contribution in [-0.4, -0.2) is 26.7 Å². The van der Waals surface area contributed by atoms with E-state index in [0.29, 0.717) is 10.6 Å². The molecule has 1 rings (SSSR count). The second-order valence-electron chi connectivity index (χ2n) is 4.19. The summed E-state index contributed by atoms with van der Waals surface area (Å²) in [6, 6.07) is 2.23. The van der Waals surface area contributed by atoms with Gasteiger partial charge in [0, 0.05) is 5.25 Å². The monoisotopic (exact) mass is 265 g/mol. The van der Waals surface area contributed by atoms with Crippen LogP contribution in [0.25, 0.3) is 0 Å². The molecule has 0 radical (unpaired) electrons. The molecule has 1 heterocycles. The van der Waals surface area contributed by atoms with Crippen LogP contribution < -0.4 is 0 Å². The average Bonchev–Trinajstić information content (AvgIpc) is 2.37. The van der Waals surface area contributed by atoms with Crippen LogP contribution in [-0.2, 0) is 12.8 Å². The van der Waals surface area contributed by atoms with E-state index in [9.17, 15) is 10.4 Å². The van der Waals surface area contributed by atoms with Crippen molar-refractivity contribution in [3.05, 3.63) is 16.8 Å². The highest BCUT2D eigenvalue weighted by atomic mass is 32.2. The van der Waals surface area contributed by atoms with Crippen molar-refractivity contribution in [2.45, 2.75) is 56.9 Å². The van der Waals surface area contributed by atoms with Gasteiger partial charge in [-0.1, -0.05) is 32.5 Å². The number of nitrogens with zero attached hydrogens (tertiary/aromatic N) is 3. The lowest BCUT2D eigenvalue weighted by atomic mass is 10.1. The standard InChI is InChI=1S/C13H19N3OS/c1-5-10-11(7-14)13(16-15-12(10)6-2)18-9(4)8(3)17/h8-9,17H,5-6H2,1-4H3. The molecule has 2 unspecified atom stereocenters. The Hall–Kier alpha value is -1.12. The Morgan fingerprint density at radius 3 is 2.39 bits per heavy atom. The smallest absolute Gasteiger partial charge is 0.137 e. The second kappa shape index (κ2) is 6.72. The summed E-state index contributed by atoms with van der Waals surface area (Å²) < 4.78 is 0. The van der Waals surface area contributed by atoms with Gasteiger partial charge >= 0.3 is 0 Å². The predicted molar refractivity (Wildman–Crippen MR) is 72.5 cm³/mol. The van der Waals surface area contributed by atoms with Gasteiger partial charge in [0.2, 0.25) is 0 Å². The Bertz CT molecular complexity index is 454. The van der Waals surface area contributed by atoms with Gasteiger partial charge in [0.05, 0.1) is 17.4 Å². The third kappa shape index (κ3) is 3.21. The zero-order chi connectivity index (χ0) is 13.7. The number of hydrogen-bond acceptors (Lipinski definition) is 5. The first-order valence-corrected chi connectivity index (χ1v) is 7.06. The number of aryl methyl sites for hydroxylation is 1. The maximum Gasteiger partial charge on any atom is 0.137 e. The van der Waals surface area contributed by atoms with Gasteiger partial charge in [0.25, 0.3) is 0 Å². The number of thioether (sulfide) groups is 1. The molecule has 0 aliphatic rings. The summed E-state index contributed by atoms with van der Waals surface area (Å²) in [5, 5.41) is 27.8. The molecular weight excluding hydrogens is 246 g/mol. The van der Waals surface area contributed by atoms with Crippen LogP contribution in [0.2, 0.25) is 0 Å². The van der Waals surface area contributed by atoms with Gasteiger partial charge in [0.15, 0.2) is 0 Å². The highest BCUT2D eigenvalue weighted by molar-refractivity contribution is 7.99. The SMILES string of the molecule is CCc1nnc(SC(C)C(C)O)c(C#N)c1CC. The van der Waals surface area contributed by atoms with E-state index in [4.69, 9.17) is 0 Å². The molecule has 0 aromatic carbocycles. The summed E-state index contributed by atoms with van der Waals surface area (Å²) >= 11 is 1.41. The molecule has 0 spiro atoms. The Kier molecular flexibility index (Phi) is 5.57. The van der Waals surface area contributed by atoms with Crippen LogP contribution in [0, 0.1) is 11.3 Å². The highest BCUT2D eigenvalue weighted by Crippen LogP contribution is 2.28. The molecule has 18 heavy (non-hydrogen) atoms. The van der Waals surface area contributed by atoms with Crippen LogP contribution in [0.3, 0.4) is 0 Å². The average molecular weight is 265 g/mol. The molecule has 0 aliphatic heterocycles. The molecule has 0 saturated heterocycles. The van der Waals surface area contributed by atoms with Gasteiger partial charge < -0.3 is 5.11 Å². The lowest BCUT2D eigenvalue weighted by molar-refractivity contribution is 0.196. The number of aliphatic hydroxyl groups is 1. The zero-order valence-electron chi connectivity index (χ0n) is 11.3. The summed E-state index contributed by atoms with van der Waals surface area (Å²) in [6.07, 6.45) is 1.11. The summed E-state index contributed by atoms with van der Waals surface area (Å²) in [6.45, 7) is 7.68. The normalized spacial score (nSPS) is 14.0. The van der Waals surface area contributed by atoms with Crippen molar-refractivity contribution in [2.75, 3.05) is 0 Å². The topological polar surface area (TPSA) is 69.8 Å². The molecule has 1 aromatic rings. The number of nitriles is 1. The van der Waals surface area contributed by atoms with E-state index in [2.05, 4.69) is 16.3 Å².